The van der Waals surface area contributed by atoms with E-state index < -0.39 is 62.1 Å². The first kappa shape index (κ1) is 14.3. The van der Waals surface area contributed by atoms with Crippen molar-refractivity contribution in [3.8, 4) is 0 Å². The van der Waals surface area contributed by atoms with Gasteiger partial charge in [-0.3, -0.25) is 8.39 Å². The van der Waals surface area contributed by atoms with Crippen LogP contribution in [0, 0.1) is 0 Å². The summed E-state index contributed by atoms with van der Waals surface area (Å²) in [5.41, 5.74) is 0. The molecule has 3 aliphatic rings. The standard InChI is InChI=1S/C8H8F2O8S2/c9-8(10,19(12)13)7(11)17-4-2-1-3-5(16-2)6(4)18-20(3,14)15/h2-6H,1H2,(H,12,13)/p-1. The Hall–Kier alpha value is -0.690. The van der Waals surface area contributed by atoms with Crippen molar-refractivity contribution in [3.63, 3.8) is 0 Å². The second-order valence-electron chi connectivity index (χ2n) is 4.59. The number of carbonyl (C=O) groups is 1. The van der Waals surface area contributed by atoms with Crippen molar-refractivity contribution < 1.29 is 44.4 Å². The molecular formula is C8H7F2O8S2-. The van der Waals surface area contributed by atoms with Crippen LogP contribution < -0.4 is 0 Å². The van der Waals surface area contributed by atoms with Crippen molar-refractivity contribution in [1.29, 1.82) is 0 Å². The molecule has 0 saturated carbocycles. The third kappa shape index (κ3) is 1.82. The zero-order chi connectivity index (χ0) is 14.9. The van der Waals surface area contributed by atoms with Crippen LogP contribution in [-0.4, -0.2) is 58.1 Å². The van der Waals surface area contributed by atoms with E-state index in [-0.39, 0.29) is 6.42 Å². The molecule has 3 rings (SSSR count). The molecular weight excluding hydrogens is 326 g/mol. The summed E-state index contributed by atoms with van der Waals surface area (Å²) in [4.78, 5) is 11.1. The average molecular weight is 333 g/mol. The lowest BCUT2D eigenvalue weighted by Crippen LogP contribution is -2.45. The number of carbonyl (C=O) groups excluding carboxylic acids is 1. The molecule has 0 aromatic carbocycles. The molecule has 3 fully saturated rings. The van der Waals surface area contributed by atoms with Gasteiger partial charge in [0.2, 0.25) is 0 Å². The van der Waals surface area contributed by atoms with Crippen LogP contribution in [-0.2, 0) is 39.6 Å². The highest BCUT2D eigenvalue weighted by molar-refractivity contribution is 7.87. The minimum Gasteiger partial charge on any atom is -0.767 e. The fraction of sp³-hybridized carbons (Fsp3) is 0.875. The fourth-order valence-corrected chi connectivity index (χ4v) is 4.46. The Bertz CT molecular complexity index is 589. The van der Waals surface area contributed by atoms with Crippen LogP contribution in [0.1, 0.15) is 6.42 Å². The second-order valence-corrected chi connectivity index (χ2v) is 7.35. The van der Waals surface area contributed by atoms with E-state index in [0.29, 0.717) is 0 Å². The second kappa shape index (κ2) is 4.16. The van der Waals surface area contributed by atoms with E-state index >= 15 is 0 Å². The minimum atomic E-state index is -4.71. The van der Waals surface area contributed by atoms with Crippen LogP contribution in [0.25, 0.3) is 0 Å². The molecule has 114 valence electrons. The van der Waals surface area contributed by atoms with Crippen LogP contribution in [0.3, 0.4) is 0 Å². The maximum absolute atomic E-state index is 12.9. The maximum Gasteiger partial charge on any atom is 0.404 e. The fourth-order valence-electron chi connectivity index (χ4n) is 2.63. The molecule has 0 aromatic rings. The van der Waals surface area contributed by atoms with Crippen molar-refractivity contribution in [2.75, 3.05) is 0 Å². The summed E-state index contributed by atoms with van der Waals surface area (Å²) >= 11 is -3.98. The summed E-state index contributed by atoms with van der Waals surface area (Å²) in [6.45, 7) is 0. The predicted octanol–water partition coefficient (Wildman–Crippen LogP) is -1.36. The van der Waals surface area contributed by atoms with Gasteiger partial charge in [-0.15, -0.1) is 0 Å². The zero-order valence-corrected chi connectivity index (χ0v) is 11.1. The molecule has 0 spiro atoms. The molecule has 0 amide bonds. The Morgan fingerprint density at radius 3 is 2.65 bits per heavy atom. The van der Waals surface area contributed by atoms with Crippen LogP contribution in [0.5, 0.6) is 0 Å². The number of alkyl halides is 2. The first-order valence-corrected chi connectivity index (χ1v) is 7.95. The van der Waals surface area contributed by atoms with Gasteiger partial charge in [-0.25, -0.2) is 4.79 Å². The zero-order valence-electron chi connectivity index (χ0n) is 9.43. The van der Waals surface area contributed by atoms with Gasteiger partial charge in [0.25, 0.3) is 10.1 Å². The molecule has 3 saturated heterocycles. The summed E-state index contributed by atoms with van der Waals surface area (Å²) < 4.78 is 83.7. The summed E-state index contributed by atoms with van der Waals surface area (Å²) in [5, 5.41) is -5.61. The molecule has 0 radical (unpaired) electrons. The largest absolute Gasteiger partial charge is 0.767 e. The number of hydrogen-bond acceptors (Lipinski definition) is 8. The molecule has 2 bridgehead atoms. The third-order valence-corrected chi connectivity index (χ3v) is 5.76. The quantitative estimate of drug-likeness (QED) is 0.353. The predicted molar refractivity (Wildman–Crippen MR) is 54.6 cm³/mol. The van der Waals surface area contributed by atoms with E-state index in [2.05, 4.69) is 8.92 Å². The van der Waals surface area contributed by atoms with Crippen molar-refractivity contribution in [2.45, 2.75) is 41.3 Å². The number of esters is 1. The van der Waals surface area contributed by atoms with Crippen LogP contribution >= 0.6 is 0 Å². The maximum atomic E-state index is 12.9. The van der Waals surface area contributed by atoms with Gasteiger partial charge in [0.15, 0.2) is 6.10 Å². The molecule has 0 N–H and O–H groups in total. The van der Waals surface area contributed by atoms with E-state index in [1.807, 2.05) is 0 Å². The van der Waals surface area contributed by atoms with E-state index in [0.717, 1.165) is 0 Å². The van der Waals surface area contributed by atoms with Gasteiger partial charge >= 0.3 is 11.2 Å². The first-order chi connectivity index (χ1) is 9.14. The smallest absolute Gasteiger partial charge is 0.404 e. The topological polar surface area (TPSA) is 119 Å². The third-order valence-electron chi connectivity index (χ3n) is 3.48. The van der Waals surface area contributed by atoms with Gasteiger partial charge < -0.3 is 14.0 Å². The van der Waals surface area contributed by atoms with Gasteiger partial charge in [-0.1, -0.05) is 0 Å². The Labute approximate surface area is 113 Å². The van der Waals surface area contributed by atoms with Gasteiger partial charge in [-0.05, 0) is 6.42 Å². The molecule has 8 nitrogen and oxygen atoms in total. The SMILES string of the molecule is O=C(OC1C2CC3C(O2)C1OS3(=O)=O)C(F)(F)S(=O)[O-]. The summed E-state index contributed by atoms with van der Waals surface area (Å²) in [5.74, 6) is -2.28. The van der Waals surface area contributed by atoms with Gasteiger partial charge in [-0.2, -0.15) is 17.2 Å². The molecule has 6 atom stereocenters. The summed E-state index contributed by atoms with van der Waals surface area (Å²) in [6, 6.07) is 0. The molecule has 0 aliphatic carbocycles. The van der Waals surface area contributed by atoms with Gasteiger partial charge in [0, 0.05) is 11.1 Å². The lowest BCUT2D eigenvalue weighted by Gasteiger charge is -2.25. The molecule has 0 aromatic heterocycles. The summed E-state index contributed by atoms with van der Waals surface area (Å²) in [7, 11) is -3.88. The van der Waals surface area contributed by atoms with Crippen LogP contribution in [0.2, 0.25) is 0 Å². The highest BCUT2D eigenvalue weighted by Crippen LogP contribution is 2.48. The van der Waals surface area contributed by atoms with Gasteiger partial charge in [0.1, 0.15) is 17.5 Å². The lowest BCUT2D eigenvalue weighted by atomic mass is 9.94. The normalized spacial score (nSPS) is 42.6. The van der Waals surface area contributed by atoms with Crippen LogP contribution in [0.4, 0.5) is 8.78 Å². The van der Waals surface area contributed by atoms with Crippen molar-refractivity contribution in [2.24, 2.45) is 0 Å². The summed E-state index contributed by atoms with van der Waals surface area (Å²) in [6.07, 6.45) is -4.40. The Kier molecular flexibility index (Phi) is 2.97. The molecule has 20 heavy (non-hydrogen) atoms. The monoisotopic (exact) mass is 333 g/mol. The van der Waals surface area contributed by atoms with Crippen LogP contribution in [0.15, 0.2) is 0 Å². The van der Waals surface area contributed by atoms with Crippen molar-refractivity contribution in [3.05, 3.63) is 0 Å². The highest BCUT2D eigenvalue weighted by Gasteiger charge is 2.67. The Morgan fingerprint density at radius 1 is 1.40 bits per heavy atom. The Balaban J connectivity index is 1.79. The lowest BCUT2D eigenvalue weighted by molar-refractivity contribution is -0.172. The first-order valence-electron chi connectivity index (χ1n) is 5.40. The molecule has 6 unspecified atom stereocenters. The van der Waals surface area contributed by atoms with E-state index in [4.69, 9.17) is 4.74 Å². The average Bonchev–Trinajstić information content (AvgIpc) is 2.92. The number of ether oxygens (including phenoxy) is 2. The number of hydrogen-bond donors (Lipinski definition) is 0. The van der Waals surface area contributed by atoms with Gasteiger partial charge in [0.05, 0.1) is 6.10 Å². The molecule has 3 heterocycles. The number of fused-ring (bicyclic) bond motifs is 1. The highest BCUT2D eigenvalue weighted by atomic mass is 32.2. The molecule has 12 heteroatoms. The van der Waals surface area contributed by atoms with Crippen molar-refractivity contribution >= 4 is 27.2 Å². The van der Waals surface area contributed by atoms with E-state index in [1.54, 1.807) is 0 Å². The minimum absolute atomic E-state index is 0.0481. The van der Waals surface area contributed by atoms with E-state index in [9.17, 15) is 30.8 Å². The Morgan fingerprint density at radius 2 is 2.05 bits per heavy atom. The van der Waals surface area contributed by atoms with Crippen molar-refractivity contribution in [1.82, 2.24) is 0 Å². The molecule has 3 aliphatic heterocycles. The number of halogens is 2. The van der Waals surface area contributed by atoms with E-state index in [1.165, 1.54) is 0 Å². The number of rotatable bonds is 3.